The van der Waals surface area contributed by atoms with E-state index in [4.69, 9.17) is 9.47 Å². The first-order valence-electron chi connectivity index (χ1n) is 10.5. The first kappa shape index (κ1) is 23.4. The number of hydrogen-bond acceptors (Lipinski definition) is 3. The van der Waals surface area contributed by atoms with Crippen LogP contribution in [0.4, 0.5) is 0 Å². The van der Waals surface area contributed by atoms with E-state index in [1.165, 1.54) is 24.8 Å². The molecular formula is C23H42O3. The van der Waals surface area contributed by atoms with Crippen LogP contribution in [0.15, 0.2) is 11.6 Å². The van der Waals surface area contributed by atoms with Gasteiger partial charge in [-0.05, 0) is 76.0 Å². The minimum Gasteiger partial charge on any atom is -0.374 e. The molecule has 3 nitrogen and oxygen atoms in total. The molecule has 0 aromatic rings. The zero-order chi connectivity index (χ0) is 19.6. The minimum atomic E-state index is 0.0696. The third-order valence-electron chi connectivity index (χ3n) is 5.61. The van der Waals surface area contributed by atoms with Crippen molar-refractivity contribution in [3.8, 4) is 0 Å². The average molecular weight is 367 g/mol. The smallest absolute Gasteiger partial charge is 0.183 e. The van der Waals surface area contributed by atoms with Crippen molar-refractivity contribution in [2.75, 3.05) is 19.8 Å². The van der Waals surface area contributed by atoms with Crippen LogP contribution in [0.5, 0.6) is 0 Å². The fourth-order valence-electron chi connectivity index (χ4n) is 3.62. The SMILES string of the molecule is CC(C)=CCCC(C)CCOCC(=O)COC1CCC(C(C)(C)C)CC1. The van der Waals surface area contributed by atoms with E-state index >= 15 is 0 Å². The highest BCUT2D eigenvalue weighted by Crippen LogP contribution is 2.38. The molecule has 0 N–H and O–H groups in total. The van der Waals surface area contributed by atoms with Gasteiger partial charge in [-0.15, -0.1) is 0 Å². The molecule has 1 aliphatic carbocycles. The summed E-state index contributed by atoms with van der Waals surface area (Å²) < 4.78 is 11.4. The lowest BCUT2D eigenvalue weighted by molar-refractivity contribution is -0.131. The third-order valence-corrected chi connectivity index (χ3v) is 5.61. The summed E-state index contributed by atoms with van der Waals surface area (Å²) in [6, 6.07) is 0. The van der Waals surface area contributed by atoms with Crippen molar-refractivity contribution in [1.82, 2.24) is 0 Å². The van der Waals surface area contributed by atoms with Gasteiger partial charge in [0, 0.05) is 6.61 Å². The van der Waals surface area contributed by atoms with Gasteiger partial charge in [-0.25, -0.2) is 0 Å². The van der Waals surface area contributed by atoms with Crippen LogP contribution in [0, 0.1) is 17.3 Å². The molecule has 3 heteroatoms. The summed E-state index contributed by atoms with van der Waals surface area (Å²) in [6.45, 7) is 14.6. The Bertz CT molecular complexity index is 421. The van der Waals surface area contributed by atoms with Gasteiger partial charge in [0.1, 0.15) is 13.2 Å². The molecule has 1 rings (SSSR count). The van der Waals surface area contributed by atoms with Gasteiger partial charge < -0.3 is 9.47 Å². The highest BCUT2D eigenvalue weighted by molar-refractivity contribution is 5.80. The summed E-state index contributed by atoms with van der Waals surface area (Å²) in [5.41, 5.74) is 1.77. The standard InChI is InChI=1S/C23H42O3/c1-18(2)8-7-9-19(3)14-15-25-16-21(24)17-26-22-12-10-20(11-13-22)23(4,5)6/h8,19-20,22H,7,9-17H2,1-6H3. The predicted molar refractivity (Wildman–Crippen MR) is 109 cm³/mol. The van der Waals surface area contributed by atoms with Crippen LogP contribution in [0.3, 0.4) is 0 Å². The summed E-state index contributed by atoms with van der Waals surface area (Å²) in [5.74, 6) is 1.48. The number of ether oxygens (including phenoxy) is 2. The number of allylic oxidation sites excluding steroid dienone is 2. The molecule has 1 atom stereocenters. The molecular weight excluding hydrogens is 324 g/mol. The Morgan fingerprint density at radius 1 is 1.08 bits per heavy atom. The molecule has 0 aromatic heterocycles. The van der Waals surface area contributed by atoms with Crippen LogP contribution in [0.25, 0.3) is 0 Å². The molecule has 152 valence electrons. The van der Waals surface area contributed by atoms with Gasteiger partial charge in [0.2, 0.25) is 0 Å². The van der Waals surface area contributed by atoms with E-state index in [1.807, 2.05) is 0 Å². The molecule has 1 saturated carbocycles. The fourth-order valence-corrected chi connectivity index (χ4v) is 3.62. The zero-order valence-corrected chi connectivity index (χ0v) is 18.1. The number of carbonyl (C=O) groups excluding carboxylic acids is 1. The fraction of sp³-hybridized carbons (Fsp3) is 0.870. The second kappa shape index (κ2) is 11.9. The van der Waals surface area contributed by atoms with Gasteiger partial charge in [0.25, 0.3) is 0 Å². The van der Waals surface area contributed by atoms with Crippen LogP contribution >= 0.6 is 0 Å². The van der Waals surface area contributed by atoms with E-state index < -0.39 is 0 Å². The number of ketones is 1. The van der Waals surface area contributed by atoms with Crippen LogP contribution < -0.4 is 0 Å². The summed E-state index contributed by atoms with van der Waals surface area (Å²) in [5, 5.41) is 0. The first-order chi connectivity index (χ1) is 12.2. The lowest BCUT2D eigenvalue weighted by Crippen LogP contribution is -2.30. The Hall–Kier alpha value is -0.670. The molecule has 1 fully saturated rings. The van der Waals surface area contributed by atoms with E-state index in [2.05, 4.69) is 47.6 Å². The second-order valence-electron chi connectivity index (χ2n) is 9.49. The van der Waals surface area contributed by atoms with Crippen molar-refractivity contribution in [2.24, 2.45) is 17.3 Å². The zero-order valence-electron chi connectivity index (χ0n) is 18.1. The molecule has 0 saturated heterocycles. The van der Waals surface area contributed by atoms with Crippen molar-refractivity contribution >= 4 is 5.78 Å². The van der Waals surface area contributed by atoms with Crippen LogP contribution in [0.2, 0.25) is 0 Å². The Labute approximate surface area is 161 Å². The summed E-state index contributed by atoms with van der Waals surface area (Å²) in [7, 11) is 0. The third kappa shape index (κ3) is 10.5. The molecule has 1 unspecified atom stereocenters. The van der Waals surface area contributed by atoms with Gasteiger partial charge in [-0.1, -0.05) is 39.3 Å². The van der Waals surface area contributed by atoms with E-state index in [-0.39, 0.29) is 25.1 Å². The molecule has 1 aliphatic rings. The maximum Gasteiger partial charge on any atom is 0.183 e. The molecule has 0 bridgehead atoms. The lowest BCUT2D eigenvalue weighted by Gasteiger charge is -2.36. The van der Waals surface area contributed by atoms with Crippen molar-refractivity contribution in [1.29, 1.82) is 0 Å². The normalized spacial score (nSPS) is 22.1. The Balaban J connectivity index is 2.05. The van der Waals surface area contributed by atoms with Gasteiger partial charge in [0.05, 0.1) is 6.10 Å². The van der Waals surface area contributed by atoms with Crippen molar-refractivity contribution < 1.29 is 14.3 Å². The number of rotatable bonds is 11. The summed E-state index contributed by atoms with van der Waals surface area (Å²) in [6.07, 6.45) is 10.5. The van der Waals surface area contributed by atoms with Crippen LogP contribution in [-0.2, 0) is 14.3 Å². The van der Waals surface area contributed by atoms with E-state index in [0.717, 1.165) is 31.6 Å². The topological polar surface area (TPSA) is 35.5 Å². The van der Waals surface area contributed by atoms with Gasteiger partial charge in [-0.3, -0.25) is 4.79 Å². The molecule has 0 radical (unpaired) electrons. The molecule has 26 heavy (non-hydrogen) atoms. The van der Waals surface area contributed by atoms with Gasteiger partial charge in [0.15, 0.2) is 5.78 Å². The minimum absolute atomic E-state index is 0.0696. The maximum atomic E-state index is 11.9. The van der Waals surface area contributed by atoms with E-state index in [0.29, 0.717) is 17.9 Å². The van der Waals surface area contributed by atoms with Crippen molar-refractivity contribution in [2.45, 2.75) is 92.6 Å². The maximum absolute atomic E-state index is 11.9. The largest absolute Gasteiger partial charge is 0.374 e. The number of carbonyl (C=O) groups is 1. The van der Waals surface area contributed by atoms with Gasteiger partial charge in [-0.2, -0.15) is 0 Å². The Morgan fingerprint density at radius 3 is 2.31 bits per heavy atom. The first-order valence-corrected chi connectivity index (χ1v) is 10.5. The molecule has 0 aromatic carbocycles. The summed E-state index contributed by atoms with van der Waals surface area (Å²) in [4.78, 5) is 11.9. The van der Waals surface area contributed by atoms with Crippen LogP contribution in [-0.4, -0.2) is 31.7 Å². The number of hydrogen-bond donors (Lipinski definition) is 0. The van der Waals surface area contributed by atoms with Crippen LogP contribution in [0.1, 0.15) is 86.5 Å². The lowest BCUT2D eigenvalue weighted by atomic mass is 9.72. The molecule has 0 heterocycles. The van der Waals surface area contributed by atoms with Crippen molar-refractivity contribution in [3.63, 3.8) is 0 Å². The second-order valence-corrected chi connectivity index (χ2v) is 9.49. The monoisotopic (exact) mass is 366 g/mol. The molecule has 0 aliphatic heterocycles. The average Bonchev–Trinajstić information content (AvgIpc) is 2.56. The quantitative estimate of drug-likeness (QED) is 0.334. The molecule has 0 amide bonds. The Kier molecular flexibility index (Phi) is 10.7. The highest BCUT2D eigenvalue weighted by Gasteiger charge is 2.30. The highest BCUT2D eigenvalue weighted by atomic mass is 16.5. The van der Waals surface area contributed by atoms with Gasteiger partial charge >= 0.3 is 0 Å². The predicted octanol–water partition coefficient (Wildman–Crippen LogP) is 5.97. The van der Waals surface area contributed by atoms with E-state index in [9.17, 15) is 4.79 Å². The molecule has 0 spiro atoms. The van der Waals surface area contributed by atoms with Crippen molar-refractivity contribution in [3.05, 3.63) is 11.6 Å². The van der Waals surface area contributed by atoms with E-state index in [1.54, 1.807) is 0 Å². The number of Topliss-reactive ketones (excluding diaryl/α,β-unsaturated/α-hetero) is 1. The Morgan fingerprint density at radius 2 is 1.73 bits per heavy atom. The summed E-state index contributed by atoms with van der Waals surface area (Å²) >= 11 is 0.